The lowest BCUT2D eigenvalue weighted by molar-refractivity contribution is -0.113. The number of amides is 1. The normalized spacial score (nSPS) is 17.8. The van der Waals surface area contributed by atoms with Crippen LogP contribution in [0.1, 0.15) is 6.92 Å². The Balaban J connectivity index is 1.56. The molecular weight excluding hydrogens is 470 g/mol. The van der Waals surface area contributed by atoms with E-state index in [9.17, 15) is 13.2 Å². The Morgan fingerprint density at radius 1 is 1.12 bits per heavy atom. The van der Waals surface area contributed by atoms with Crippen molar-refractivity contribution in [3.63, 3.8) is 0 Å². The number of rotatable bonds is 8. The fraction of sp³-hybridized carbons (Fsp3) is 0.579. The Hall–Kier alpha value is -2.26. The first-order valence-corrected chi connectivity index (χ1v) is 13.1. The second-order valence-electron chi connectivity index (χ2n) is 7.41. The summed E-state index contributed by atoms with van der Waals surface area (Å²) in [4.78, 5) is 15.0. The lowest BCUT2D eigenvalue weighted by Gasteiger charge is -2.31. The van der Waals surface area contributed by atoms with E-state index < -0.39 is 10.0 Å². The van der Waals surface area contributed by atoms with Crippen LogP contribution in [-0.2, 0) is 30.8 Å². The van der Waals surface area contributed by atoms with Crippen LogP contribution in [0, 0.1) is 0 Å². The van der Waals surface area contributed by atoms with Crippen molar-refractivity contribution in [2.75, 3.05) is 68.6 Å². The molecule has 0 atom stereocenters. The van der Waals surface area contributed by atoms with Gasteiger partial charge in [-0.1, -0.05) is 11.8 Å². The summed E-state index contributed by atoms with van der Waals surface area (Å²) < 4.78 is 40.0. The van der Waals surface area contributed by atoms with E-state index in [2.05, 4.69) is 25.7 Å². The van der Waals surface area contributed by atoms with E-state index in [1.54, 1.807) is 16.8 Å². The summed E-state index contributed by atoms with van der Waals surface area (Å²) >= 11 is 1.22. The molecule has 0 radical (unpaired) electrons. The van der Waals surface area contributed by atoms with Crippen molar-refractivity contribution >= 4 is 39.1 Å². The number of morpholine rings is 2. The number of benzene rings is 1. The highest BCUT2D eigenvalue weighted by molar-refractivity contribution is 7.99. The molecule has 2 saturated heterocycles. The lowest BCUT2D eigenvalue weighted by Crippen LogP contribution is -2.40. The number of nitrogens with zero attached hydrogens (tertiary/aromatic N) is 6. The topological polar surface area (TPSA) is 132 Å². The molecule has 33 heavy (non-hydrogen) atoms. The predicted octanol–water partition coefficient (Wildman–Crippen LogP) is 0.281. The van der Waals surface area contributed by atoms with Gasteiger partial charge in [0.15, 0.2) is 0 Å². The minimum Gasteiger partial charge on any atom is -0.379 e. The molecule has 12 nitrogen and oxygen atoms in total. The van der Waals surface area contributed by atoms with Crippen molar-refractivity contribution in [2.24, 2.45) is 0 Å². The van der Waals surface area contributed by atoms with Crippen LogP contribution in [0.5, 0.6) is 0 Å². The number of thioether (sulfide) groups is 1. The van der Waals surface area contributed by atoms with Crippen LogP contribution in [0.4, 0.5) is 11.4 Å². The molecule has 1 aromatic heterocycles. The molecule has 1 N–H and O–H groups in total. The Labute approximate surface area is 196 Å². The molecule has 1 aromatic carbocycles. The SMILES string of the molecule is CCn1nnnc1SCC(=O)Nc1cc(S(=O)(=O)N2CCOCC2)ccc1N1CCOCC1. The number of sulfonamides is 1. The van der Waals surface area contributed by atoms with Crippen molar-refractivity contribution < 1.29 is 22.7 Å². The fourth-order valence-electron chi connectivity index (χ4n) is 3.61. The van der Waals surface area contributed by atoms with Crippen molar-refractivity contribution in [2.45, 2.75) is 23.5 Å². The molecule has 180 valence electrons. The second kappa shape index (κ2) is 10.8. The number of anilines is 2. The first kappa shape index (κ1) is 23.9. The molecule has 0 unspecified atom stereocenters. The van der Waals surface area contributed by atoms with Crippen LogP contribution >= 0.6 is 11.8 Å². The number of carbonyl (C=O) groups excluding carboxylic acids is 1. The molecule has 0 bridgehead atoms. The third-order valence-electron chi connectivity index (χ3n) is 5.33. The molecule has 3 heterocycles. The average molecular weight is 498 g/mol. The van der Waals surface area contributed by atoms with E-state index in [4.69, 9.17) is 9.47 Å². The highest BCUT2D eigenvalue weighted by Crippen LogP contribution is 2.31. The van der Waals surface area contributed by atoms with Gasteiger partial charge in [0.1, 0.15) is 0 Å². The molecule has 0 spiro atoms. The zero-order valence-corrected chi connectivity index (χ0v) is 20.0. The smallest absolute Gasteiger partial charge is 0.243 e. The van der Waals surface area contributed by atoms with Crippen molar-refractivity contribution in [1.29, 1.82) is 0 Å². The average Bonchev–Trinajstić information content (AvgIpc) is 3.31. The molecule has 2 aromatic rings. The van der Waals surface area contributed by atoms with Gasteiger partial charge in [-0.05, 0) is 35.5 Å². The third kappa shape index (κ3) is 5.63. The number of hydrogen-bond acceptors (Lipinski definition) is 10. The highest BCUT2D eigenvalue weighted by Gasteiger charge is 2.28. The van der Waals surface area contributed by atoms with Gasteiger partial charge >= 0.3 is 0 Å². The monoisotopic (exact) mass is 497 g/mol. The predicted molar refractivity (Wildman–Crippen MR) is 122 cm³/mol. The number of carbonyl (C=O) groups is 1. The molecule has 2 aliphatic heterocycles. The van der Waals surface area contributed by atoms with Gasteiger partial charge in [-0.25, -0.2) is 13.1 Å². The van der Waals surface area contributed by atoms with Gasteiger partial charge in [0.25, 0.3) is 0 Å². The molecular formula is C19H27N7O5S2. The van der Waals surface area contributed by atoms with Crippen LogP contribution in [-0.4, -0.2) is 97.2 Å². The van der Waals surface area contributed by atoms with Gasteiger partial charge in [-0.3, -0.25) is 4.79 Å². The highest BCUT2D eigenvalue weighted by atomic mass is 32.2. The lowest BCUT2D eigenvalue weighted by atomic mass is 10.2. The summed E-state index contributed by atoms with van der Waals surface area (Å²) in [6.45, 7) is 6.28. The molecule has 0 aliphatic carbocycles. The van der Waals surface area contributed by atoms with Crippen LogP contribution in [0.15, 0.2) is 28.3 Å². The van der Waals surface area contributed by atoms with E-state index in [0.717, 1.165) is 5.69 Å². The van der Waals surface area contributed by atoms with Crippen LogP contribution < -0.4 is 10.2 Å². The minimum absolute atomic E-state index is 0.0867. The van der Waals surface area contributed by atoms with Crippen LogP contribution in [0.2, 0.25) is 0 Å². The van der Waals surface area contributed by atoms with Crippen molar-refractivity contribution in [1.82, 2.24) is 24.5 Å². The van der Waals surface area contributed by atoms with Gasteiger partial charge in [0.05, 0.1) is 48.5 Å². The molecule has 2 fully saturated rings. The number of hydrogen-bond donors (Lipinski definition) is 1. The molecule has 4 rings (SSSR count). The van der Waals surface area contributed by atoms with Gasteiger partial charge in [-0.2, -0.15) is 4.31 Å². The number of aryl methyl sites for hydroxylation is 1. The Morgan fingerprint density at radius 2 is 1.82 bits per heavy atom. The zero-order valence-electron chi connectivity index (χ0n) is 18.3. The van der Waals surface area contributed by atoms with E-state index >= 15 is 0 Å². The number of aromatic nitrogens is 4. The molecule has 0 saturated carbocycles. The molecule has 2 aliphatic rings. The Kier molecular flexibility index (Phi) is 7.80. The molecule has 1 amide bonds. The number of ether oxygens (including phenoxy) is 2. The maximum absolute atomic E-state index is 13.2. The Bertz CT molecular complexity index is 1070. The quantitative estimate of drug-likeness (QED) is 0.507. The summed E-state index contributed by atoms with van der Waals surface area (Å²) in [7, 11) is -3.70. The van der Waals surface area contributed by atoms with E-state index in [1.165, 1.54) is 22.1 Å². The van der Waals surface area contributed by atoms with Crippen molar-refractivity contribution in [3.05, 3.63) is 18.2 Å². The largest absolute Gasteiger partial charge is 0.379 e. The van der Waals surface area contributed by atoms with Gasteiger partial charge < -0.3 is 19.7 Å². The van der Waals surface area contributed by atoms with Gasteiger partial charge in [0.2, 0.25) is 21.1 Å². The molecule has 14 heteroatoms. The second-order valence-corrected chi connectivity index (χ2v) is 10.3. The summed E-state index contributed by atoms with van der Waals surface area (Å²) in [5.41, 5.74) is 1.21. The standard InChI is InChI=1S/C19H27N7O5S2/c1-2-26-19(21-22-23-26)32-14-18(27)20-16-13-15(33(28,29)25-7-11-31-12-8-25)3-4-17(16)24-5-9-30-10-6-24/h3-4,13H,2,5-12,14H2,1H3,(H,20,27). The van der Waals surface area contributed by atoms with Crippen LogP contribution in [0.25, 0.3) is 0 Å². The summed E-state index contributed by atoms with van der Waals surface area (Å²) in [6, 6.07) is 4.88. The Morgan fingerprint density at radius 3 is 2.52 bits per heavy atom. The van der Waals surface area contributed by atoms with E-state index in [-0.39, 0.29) is 16.6 Å². The number of nitrogens with one attached hydrogen (secondary N) is 1. The first-order valence-electron chi connectivity index (χ1n) is 10.7. The van der Waals surface area contributed by atoms with Crippen LogP contribution in [0.3, 0.4) is 0 Å². The number of tetrazole rings is 1. The van der Waals surface area contributed by atoms with Crippen molar-refractivity contribution in [3.8, 4) is 0 Å². The third-order valence-corrected chi connectivity index (χ3v) is 8.18. The zero-order chi connectivity index (χ0) is 23.3. The first-order chi connectivity index (χ1) is 16.0. The van der Waals surface area contributed by atoms with Gasteiger partial charge in [0, 0.05) is 32.7 Å². The van der Waals surface area contributed by atoms with E-state index in [0.29, 0.717) is 70.0 Å². The van der Waals surface area contributed by atoms with Gasteiger partial charge in [-0.15, -0.1) is 5.10 Å². The summed E-state index contributed by atoms with van der Waals surface area (Å²) in [5.74, 6) is -0.190. The minimum atomic E-state index is -3.70. The fourth-order valence-corrected chi connectivity index (χ4v) is 5.78. The summed E-state index contributed by atoms with van der Waals surface area (Å²) in [6.07, 6.45) is 0. The summed E-state index contributed by atoms with van der Waals surface area (Å²) in [5, 5.41) is 14.8. The maximum Gasteiger partial charge on any atom is 0.243 e. The van der Waals surface area contributed by atoms with E-state index in [1.807, 2.05) is 6.92 Å². The maximum atomic E-state index is 13.2.